The van der Waals surface area contributed by atoms with E-state index in [-0.39, 0.29) is 5.91 Å². The van der Waals surface area contributed by atoms with Crippen LogP contribution in [0.15, 0.2) is 24.3 Å². The lowest BCUT2D eigenvalue weighted by molar-refractivity contribution is 0.0953. The van der Waals surface area contributed by atoms with Crippen molar-refractivity contribution in [3.63, 3.8) is 0 Å². The summed E-state index contributed by atoms with van der Waals surface area (Å²) in [7, 11) is 0. The summed E-state index contributed by atoms with van der Waals surface area (Å²) in [4.78, 5) is 14.4. The van der Waals surface area contributed by atoms with E-state index in [0.29, 0.717) is 0 Å². The maximum absolute atomic E-state index is 12.1. The lowest BCUT2D eigenvalue weighted by Crippen LogP contribution is -2.24. The highest BCUT2D eigenvalue weighted by molar-refractivity contribution is 7.12. The van der Waals surface area contributed by atoms with E-state index in [9.17, 15) is 4.79 Å². The molecule has 2 nitrogen and oxygen atoms in total. The van der Waals surface area contributed by atoms with Gasteiger partial charge in [-0.15, -0.1) is 11.3 Å². The van der Waals surface area contributed by atoms with Crippen molar-refractivity contribution in [2.45, 2.75) is 40.5 Å². The Kier molecular flexibility index (Phi) is 5.18. The first-order valence-electron chi connectivity index (χ1n) is 7.38. The standard InChI is InChI=1S/C18H23NOS/c1-12-7-8-16(13(2)10-12)6-5-9-19-18(20)17-11-14(3)21-15(17)4/h7-8,10-11H,5-6,9H2,1-4H3,(H,19,20). The lowest BCUT2D eigenvalue weighted by Gasteiger charge is -2.08. The summed E-state index contributed by atoms with van der Waals surface area (Å²) in [6.07, 6.45) is 1.98. The summed E-state index contributed by atoms with van der Waals surface area (Å²) in [5.74, 6) is 0.0532. The first-order valence-corrected chi connectivity index (χ1v) is 8.20. The minimum absolute atomic E-state index is 0.0532. The Balaban J connectivity index is 1.82. The van der Waals surface area contributed by atoms with Gasteiger partial charge in [0.25, 0.3) is 5.91 Å². The van der Waals surface area contributed by atoms with E-state index in [4.69, 9.17) is 0 Å². The number of thiophene rings is 1. The van der Waals surface area contributed by atoms with Gasteiger partial charge in [-0.25, -0.2) is 0 Å². The smallest absolute Gasteiger partial charge is 0.252 e. The molecule has 0 atom stereocenters. The number of aryl methyl sites for hydroxylation is 5. The van der Waals surface area contributed by atoms with E-state index in [2.05, 4.69) is 37.4 Å². The summed E-state index contributed by atoms with van der Waals surface area (Å²) < 4.78 is 0. The molecule has 0 bridgehead atoms. The van der Waals surface area contributed by atoms with E-state index in [1.54, 1.807) is 11.3 Å². The molecule has 1 heterocycles. The lowest BCUT2D eigenvalue weighted by atomic mass is 10.0. The summed E-state index contributed by atoms with van der Waals surface area (Å²) in [5.41, 5.74) is 4.83. The molecule has 0 aliphatic heterocycles. The molecule has 1 aromatic carbocycles. The van der Waals surface area contributed by atoms with Crippen molar-refractivity contribution in [2.75, 3.05) is 6.54 Å². The molecule has 2 rings (SSSR count). The third-order valence-corrected chi connectivity index (χ3v) is 4.66. The second kappa shape index (κ2) is 6.90. The maximum Gasteiger partial charge on any atom is 0.252 e. The fraction of sp³-hybridized carbons (Fsp3) is 0.389. The normalized spacial score (nSPS) is 10.7. The molecular formula is C18H23NOS. The van der Waals surface area contributed by atoms with Crippen LogP contribution in [0.25, 0.3) is 0 Å². The van der Waals surface area contributed by atoms with Crippen molar-refractivity contribution in [2.24, 2.45) is 0 Å². The zero-order valence-corrected chi connectivity index (χ0v) is 14.1. The van der Waals surface area contributed by atoms with Gasteiger partial charge < -0.3 is 5.32 Å². The summed E-state index contributed by atoms with van der Waals surface area (Å²) in [5, 5.41) is 3.02. The number of nitrogens with one attached hydrogen (secondary N) is 1. The Morgan fingerprint density at radius 3 is 2.52 bits per heavy atom. The summed E-state index contributed by atoms with van der Waals surface area (Å²) in [6, 6.07) is 8.53. The van der Waals surface area contributed by atoms with Crippen molar-refractivity contribution in [1.29, 1.82) is 0 Å². The van der Waals surface area contributed by atoms with Crippen LogP contribution in [-0.2, 0) is 6.42 Å². The van der Waals surface area contributed by atoms with Gasteiger partial charge >= 0.3 is 0 Å². The van der Waals surface area contributed by atoms with Crippen molar-refractivity contribution in [3.8, 4) is 0 Å². The molecule has 1 amide bonds. The maximum atomic E-state index is 12.1. The molecule has 1 N–H and O–H groups in total. The van der Waals surface area contributed by atoms with E-state index in [1.807, 2.05) is 19.9 Å². The molecule has 0 unspecified atom stereocenters. The second-order valence-corrected chi connectivity index (χ2v) is 7.08. The second-order valence-electron chi connectivity index (χ2n) is 5.62. The molecule has 0 radical (unpaired) electrons. The Morgan fingerprint density at radius 1 is 1.14 bits per heavy atom. The first-order chi connectivity index (χ1) is 9.97. The summed E-state index contributed by atoms with van der Waals surface area (Å²) in [6.45, 7) is 9.03. The van der Waals surface area contributed by atoms with Crippen molar-refractivity contribution in [1.82, 2.24) is 5.32 Å². The highest BCUT2D eigenvalue weighted by atomic mass is 32.1. The fourth-order valence-electron chi connectivity index (χ4n) is 2.56. The van der Waals surface area contributed by atoms with Gasteiger partial charge in [0.15, 0.2) is 0 Å². The predicted molar refractivity (Wildman–Crippen MR) is 90.4 cm³/mol. The molecule has 0 saturated carbocycles. The van der Waals surface area contributed by atoms with Gasteiger partial charge in [-0.1, -0.05) is 23.8 Å². The molecule has 112 valence electrons. The zero-order chi connectivity index (χ0) is 15.4. The van der Waals surface area contributed by atoms with Crippen LogP contribution in [0.1, 0.15) is 43.2 Å². The van der Waals surface area contributed by atoms with Crippen LogP contribution in [0.2, 0.25) is 0 Å². The van der Waals surface area contributed by atoms with Crippen LogP contribution >= 0.6 is 11.3 Å². The molecule has 1 aromatic heterocycles. The van der Waals surface area contributed by atoms with Crippen molar-refractivity contribution < 1.29 is 4.79 Å². The molecule has 21 heavy (non-hydrogen) atoms. The molecule has 0 saturated heterocycles. The van der Waals surface area contributed by atoms with Gasteiger partial charge in [-0.05, 0) is 57.7 Å². The van der Waals surface area contributed by atoms with Gasteiger partial charge in [0.2, 0.25) is 0 Å². The van der Waals surface area contributed by atoms with Gasteiger partial charge in [-0.2, -0.15) is 0 Å². The molecule has 2 aromatic rings. The van der Waals surface area contributed by atoms with Gasteiger partial charge in [-0.3, -0.25) is 4.79 Å². The van der Waals surface area contributed by atoms with Crippen LogP contribution in [0.5, 0.6) is 0 Å². The van der Waals surface area contributed by atoms with Crippen LogP contribution in [-0.4, -0.2) is 12.5 Å². The Hall–Kier alpha value is -1.61. The number of hydrogen-bond acceptors (Lipinski definition) is 2. The Morgan fingerprint density at radius 2 is 1.90 bits per heavy atom. The van der Waals surface area contributed by atoms with Gasteiger partial charge in [0.1, 0.15) is 0 Å². The topological polar surface area (TPSA) is 29.1 Å². The first kappa shape index (κ1) is 15.8. The third-order valence-electron chi connectivity index (χ3n) is 3.69. The highest BCUT2D eigenvalue weighted by Crippen LogP contribution is 2.20. The quantitative estimate of drug-likeness (QED) is 0.818. The number of amides is 1. The fourth-order valence-corrected chi connectivity index (χ4v) is 3.48. The predicted octanol–water partition coefficient (Wildman–Crippen LogP) is 4.34. The van der Waals surface area contributed by atoms with E-state index >= 15 is 0 Å². The summed E-state index contributed by atoms with van der Waals surface area (Å²) >= 11 is 1.68. The minimum atomic E-state index is 0.0532. The largest absolute Gasteiger partial charge is 0.352 e. The molecule has 0 fully saturated rings. The number of carbonyl (C=O) groups is 1. The number of rotatable bonds is 5. The minimum Gasteiger partial charge on any atom is -0.352 e. The van der Waals surface area contributed by atoms with Crippen molar-refractivity contribution >= 4 is 17.2 Å². The number of hydrogen-bond donors (Lipinski definition) is 1. The van der Waals surface area contributed by atoms with E-state index in [1.165, 1.54) is 21.6 Å². The average Bonchev–Trinajstić information content (AvgIpc) is 2.75. The van der Waals surface area contributed by atoms with Crippen molar-refractivity contribution in [3.05, 3.63) is 56.3 Å². The highest BCUT2D eigenvalue weighted by Gasteiger charge is 2.11. The molecule has 0 spiro atoms. The van der Waals surface area contributed by atoms with Gasteiger partial charge in [0, 0.05) is 16.3 Å². The number of carbonyl (C=O) groups excluding carboxylic acids is 1. The monoisotopic (exact) mass is 301 g/mol. The zero-order valence-electron chi connectivity index (χ0n) is 13.2. The van der Waals surface area contributed by atoms with Crippen LogP contribution < -0.4 is 5.32 Å². The van der Waals surface area contributed by atoms with Gasteiger partial charge in [0.05, 0.1) is 5.56 Å². The third kappa shape index (κ3) is 4.18. The number of benzene rings is 1. The Bertz CT molecular complexity index is 643. The Labute approximate surface area is 131 Å². The van der Waals surface area contributed by atoms with Crippen LogP contribution in [0, 0.1) is 27.7 Å². The van der Waals surface area contributed by atoms with Crippen LogP contribution in [0.4, 0.5) is 0 Å². The SMILES string of the molecule is Cc1ccc(CCCNC(=O)c2cc(C)sc2C)c(C)c1. The molecule has 3 heteroatoms. The van der Waals surface area contributed by atoms with Crippen LogP contribution in [0.3, 0.4) is 0 Å². The molecular weight excluding hydrogens is 278 g/mol. The van der Waals surface area contributed by atoms with E-state index < -0.39 is 0 Å². The molecule has 0 aliphatic rings. The van der Waals surface area contributed by atoms with E-state index in [0.717, 1.165) is 29.8 Å². The average molecular weight is 301 g/mol. The molecule has 0 aliphatic carbocycles.